The van der Waals surface area contributed by atoms with Gasteiger partial charge in [-0.1, -0.05) is 13.3 Å². The first-order valence-electron chi connectivity index (χ1n) is 3.86. The van der Waals surface area contributed by atoms with Crippen LogP contribution >= 0.6 is 0 Å². The number of hydrogen-bond donors (Lipinski definition) is 0. The van der Waals surface area contributed by atoms with Gasteiger partial charge in [-0.2, -0.15) is 0 Å². The molecule has 0 saturated carbocycles. The molecule has 66 valence electrons. The molecule has 1 saturated heterocycles. The molecular formula is C4H14O4Si3. The summed E-state index contributed by atoms with van der Waals surface area (Å²) in [4.78, 5) is 0. The van der Waals surface area contributed by atoms with E-state index in [0.29, 0.717) is 0 Å². The van der Waals surface area contributed by atoms with Gasteiger partial charge in [-0.05, 0) is 6.42 Å². The second-order valence-corrected chi connectivity index (χ2v) is 7.97. The topological polar surface area (TPSA) is 36.9 Å². The first-order valence-corrected chi connectivity index (χ1v) is 7.58. The highest BCUT2D eigenvalue weighted by molar-refractivity contribution is 6.57. The van der Waals surface area contributed by atoms with Crippen molar-refractivity contribution in [2.75, 3.05) is 6.61 Å². The van der Waals surface area contributed by atoms with Gasteiger partial charge in [-0.15, -0.1) is 0 Å². The minimum absolute atomic E-state index is 0.700. The van der Waals surface area contributed by atoms with E-state index in [1.165, 1.54) is 0 Å². The summed E-state index contributed by atoms with van der Waals surface area (Å²) in [6, 6.07) is 0. The van der Waals surface area contributed by atoms with Crippen molar-refractivity contribution >= 4 is 29.5 Å². The molecule has 0 amide bonds. The van der Waals surface area contributed by atoms with Crippen molar-refractivity contribution in [1.29, 1.82) is 0 Å². The van der Waals surface area contributed by atoms with Crippen molar-refractivity contribution < 1.29 is 16.8 Å². The van der Waals surface area contributed by atoms with E-state index in [9.17, 15) is 0 Å². The SMILES string of the molecule is CCCCO[SiH]1O[SiH2]O[SiH2]O1. The van der Waals surface area contributed by atoms with Crippen LogP contribution in [-0.2, 0) is 16.8 Å². The van der Waals surface area contributed by atoms with Gasteiger partial charge < -0.3 is 16.8 Å². The molecule has 0 aliphatic carbocycles. The number of hydrogen-bond acceptors (Lipinski definition) is 4. The van der Waals surface area contributed by atoms with E-state index in [1.807, 2.05) is 0 Å². The van der Waals surface area contributed by atoms with Gasteiger partial charge in [0.25, 0.3) is 20.0 Å². The third-order valence-corrected chi connectivity index (χ3v) is 6.43. The minimum atomic E-state index is -1.66. The summed E-state index contributed by atoms with van der Waals surface area (Å²) >= 11 is 0. The van der Waals surface area contributed by atoms with Crippen LogP contribution in [0.1, 0.15) is 19.8 Å². The summed E-state index contributed by atoms with van der Waals surface area (Å²) in [5, 5.41) is 0. The summed E-state index contributed by atoms with van der Waals surface area (Å²) in [5.41, 5.74) is 0. The van der Waals surface area contributed by atoms with Crippen LogP contribution in [0.25, 0.3) is 0 Å². The van der Waals surface area contributed by atoms with E-state index in [-0.39, 0.29) is 0 Å². The fourth-order valence-corrected chi connectivity index (χ4v) is 6.75. The molecule has 0 spiro atoms. The van der Waals surface area contributed by atoms with E-state index in [2.05, 4.69) is 6.92 Å². The van der Waals surface area contributed by atoms with E-state index >= 15 is 0 Å². The van der Waals surface area contributed by atoms with Crippen molar-refractivity contribution in [3.05, 3.63) is 0 Å². The summed E-state index contributed by atoms with van der Waals surface area (Å²) in [7, 11) is -3.06. The average molecular weight is 210 g/mol. The van der Waals surface area contributed by atoms with Gasteiger partial charge in [0.2, 0.25) is 0 Å². The lowest BCUT2D eigenvalue weighted by molar-refractivity contribution is 0.171. The zero-order valence-electron chi connectivity index (χ0n) is 6.75. The van der Waals surface area contributed by atoms with Gasteiger partial charge >= 0.3 is 9.53 Å². The van der Waals surface area contributed by atoms with E-state index < -0.39 is 29.5 Å². The van der Waals surface area contributed by atoms with Crippen LogP contribution in [0.3, 0.4) is 0 Å². The average Bonchev–Trinajstić information content (AvgIpc) is 2.07. The molecule has 0 N–H and O–H groups in total. The van der Waals surface area contributed by atoms with Crippen molar-refractivity contribution in [2.24, 2.45) is 0 Å². The second-order valence-electron chi connectivity index (χ2n) is 2.29. The first kappa shape index (κ1) is 9.58. The predicted octanol–water partition coefficient (Wildman–Crippen LogP) is -1.42. The van der Waals surface area contributed by atoms with Crippen LogP contribution in [0.15, 0.2) is 0 Å². The molecule has 4 nitrogen and oxygen atoms in total. The van der Waals surface area contributed by atoms with Crippen molar-refractivity contribution in [3.63, 3.8) is 0 Å². The third kappa shape index (κ3) is 4.16. The molecule has 1 rings (SSSR count). The predicted molar refractivity (Wildman–Crippen MR) is 48.4 cm³/mol. The zero-order valence-corrected chi connectivity index (χ0v) is 10.7. The first-order chi connectivity index (χ1) is 5.43. The molecule has 1 fully saturated rings. The Morgan fingerprint density at radius 1 is 1.36 bits per heavy atom. The lowest BCUT2D eigenvalue weighted by atomic mass is 10.4. The molecule has 0 unspecified atom stereocenters. The Labute approximate surface area is 73.3 Å². The van der Waals surface area contributed by atoms with Crippen molar-refractivity contribution in [3.8, 4) is 0 Å². The second kappa shape index (κ2) is 6.06. The Balaban J connectivity index is 1.96. The van der Waals surface area contributed by atoms with Crippen LogP contribution in [0.2, 0.25) is 0 Å². The van der Waals surface area contributed by atoms with Gasteiger partial charge in [-0.3, -0.25) is 0 Å². The fourth-order valence-electron chi connectivity index (χ4n) is 0.710. The molecule has 7 heteroatoms. The van der Waals surface area contributed by atoms with Crippen LogP contribution in [0, 0.1) is 0 Å². The van der Waals surface area contributed by atoms with Crippen LogP contribution in [0.5, 0.6) is 0 Å². The molecule has 1 aliphatic heterocycles. The molecule has 0 atom stereocenters. The Hall–Kier alpha value is 0.491. The highest BCUT2D eigenvalue weighted by Crippen LogP contribution is 1.98. The van der Waals surface area contributed by atoms with Crippen LogP contribution < -0.4 is 0 Å². The molecule has 0 aromatic carbocycles. The van der Waals surface area contributed by atoms with Gasteiger partial charge in [0, 0.05) is 6.61 Å². The van der Waals surface area contributed by atoms with Crippen molar-refractivity contribution in [1.82, 2.24) is 0 Å². The van der Waals surface area contributed by atoms with E-state index in [0.717, 1.165) is 19.4 Å². The standard InChI is InChI=1S/C4H14O4Si3/c1-2-3-4-5-11-7-9-6-10-8-11/h11H,2-4,9-10H2,1H3. The molecule has 0 aromatic heterocycles. The monoisotopic (exact) mass is 210 g/mol. The Morgan fingerprint density at radius 2 is 2.09 bits per heavy atom. The van der Waals surface area contributed by atoms with Gasteiger partial charge in [0.1, 0.15) is 0 Å². The van der Waals surface area contributed by atoms with Gasteiger partial charge in [-0.25, -0.2) is 0 Å². The molecule has 11 heavy (non-hydrogen) atoms. The fraction of sp³-hybridized carbons (Fsp3) is 1.00. The molecular weight excluding hydrogens is 196 g/mol. The summed E-state index contributed by atoms with van der Waals surface area (Å²) in [5.74, 6) is 0. The lowest BCUT2D eigenvalue weighted by Crippen LogP contribution is -2.37. The molecule has 0 bridgehead atoms. The quantitative estimate of drug-likeness (QED) is 0.422. The maximum Gasteiger partial charge on any atom is 0.465 e. The maximum absolute atomic E-state index is 5.41. The largest absolute Gasteiger partial charge is 0.465 e. The van der Waals surface area contributed by atoms with Gasteiger partial charge in [0.05, 0.1) is 0 Å². The van der Waals surface area contributed by atoms with E-state index in [1.54, 1.807) is 0 Å². The number of unbranched alkanes of at least 4 members (excludes halogenated alkanes) is 1. The molecule has 1 aliphatic rings. The summed E-state index contributed by atoms with van der Waals surface area (Å²) in [6.07, 6.45) is 2.26. The maximum atomic E-state index is 5.41. The van der Waals surface area contributed by atoms with Crippen molar-refractivity contribution in [2.45, 2.75) is 19.8 Å². The Kier molecular flexibility index (Phi) is 5.27. The smallest absolute Gasteiger partial charge is 0.425 e. The van der Waals surface area contributed by atoms with Crippen LogP contribution in [-0.4, -0.2) is 36.1 Å². The molecule has 1 heterocycles. The van der Waals surface area contributed by atoms with Crippen LogP contribution in [0.4, 0.5) is 0 Å². The molecule has 0 aromatic rings. The number of rotatable bonds is 4. The minimum Gasteiger partial charge on any atom is -0.425 e. The van der Waals surface area contributed by atoms with E-state index in [4.69, 9.17) is 16.8 Å². The van der Waals surface area contributed by atoms with Gasteiger partial charge in [0.15, 0.2) is 0 Å². The zero-order chi connectivity index (χ0) is 7.94. The normalized spacial score (nSPS) is 29.7. The molecule has 0 radical (unpaired) electrons. The lowest BCUT2D eigenvalue weighted by Gasteiger charge is -2.21. The Morgan fingerprint density at radius 3 is 2.73 bits per heavy atom. The highest BCUT2D eigenvalue weighted by atomic mass is 28.4. The summed E-state index contributed by atoms with van der Waals surface area (Å²) in [6.45, 7) is 2.93. The summed E-state index contributed by atoms with van der Waals surface area (Å²) < 4.78 is 21.0. The third-order valence-electron chi connectivity index (χ3n) is 1.33. The highest BCUT2D eigenvalue weighted by Gasteiger charge is 2.18. The Bertz CT molecular complexity index is 97.3.